The van der Waals surface area contributed by atoms with Gasteiger partial charge in [-0.25, -0.2) is 12.7 Å². The molecule has 6 nitrogen and oxygen atoms in total. The number of rotatable bonds is 4. The highest BCUT2D eigenvalue weighted by Gasteiger charge is 2.30. The number of likely N-dealkylation sites (tertiary alicyclic amines) is 2. The van der Waals surface area contributed by atoms with Crippen LogP contribution in [0, 0.1) is 0 Å². The van der Waals surface area contributed by atoms with E-state index in [1.54, 1.807) is 4.90 Å². The second-order valence-corrected chi connectivity index (χ2v) is 9.75. The minimum absolute atomic E-state index is 0.0854. The molecule has 2 fully saturated rings. The van der Waals surface area contributed by atoms with Gasteiger partial charge in [0.1, 0.15) is 0 Å². The molecule has 0 unspecified atom stereocenters. The van der Waals surface area contributed by atoms with E-state index in [0.29, 0.717) is 19.1 Å². The van der Waals surface area contributed by atoms with Gasteiger partial charge in [0.25, 0.3) is 5.91 Å². The highest BCUT2D eigenvalue weighted by Crippen LogP contribution is 2.26. The second kappa shape index (κ2) is 7.84. The maximum atomic E-state index is 12.9. The molecule has 0 radical (unpaired) electrons. The minimum atomic E-state index is -3.60. The first-order chi connectivity index (χ1) is 12.3. The Hall–Kier alpha value is -1.15. The highest BCUT2D eigenvalue weighted by atomic mass is 35.5. The van der Waals surface area contributed by atoms with E-state index >= 15 is 0 Å². The van der Waals surface area contributed by atoms with E-state index in [1.807, 2.05) is 0 Å². The standard InChI is InChI=1S/C18H26ClN3O3S/c1-20(2)26(24,25)15-5-6-17(19)16(13-15)18(23)22-11-7-14(8-12-22)21-9-3-4-10-21/h5-6,13-14H,3-4,7-12H2,1-2H3. The highest BCUT2D eigenvalue weighted by molar-refractivity contribution is 7.89. The Morgan fingerprint density at radius 2 is 1.73 bits per heavy atom. The summed E-state index contributed by atoms with van der Waals surface area (Å²) in [7, 11) is -0.669. The number of piperidine rings is 1. The number of halogens is 1. The van der Waals surface area contributed by atoms with E-state index in [0.717, 1.165) is 30.2 Å². The Morgan fingerprint density at radius 1 is 1.12 bits per heavy atom. The van der Waals surface area contributed by atoms with Gasteiger partial charge in [-0.1, -0.05) is 11.6 Å². The summed E-state index contributed by atoms with van der Waals surface area (Å²) in [6.07, 6.45) is 4.45. The van der Waals surface area contributed by atoms with E-state index in [4.69, 9.17) is 11.6 Å². The fourth-order valence-electron chi connectivity index (χ4n) is 3.75. The molecule has 1 aromatic rings. The number of amides is 1. The monoisotopic (exact) mass is 399 g/mol. The van der Waals surface area contributed by atoms with Crippen molar-refractivity contribution in [3.63, 3.8) is 0 Å². The average molecular weight is 400 g/mol. The molecule has 8 heteroatoms. The van der Waals surface area contributed by atoms with Gasteiger partial charge >= 0.3 is 0 Å². The van der Waals surface area contributed by atoms with Crippen molar-refractivity contribution in [3.05, 3.63) is 28.8 Å². The molecule has 26 heavy (non-hydrogen) atoms. The summed E-state index contributed by atoms with van der Waals surface area (Å²) in [6, 6.07) is 4.88. The van der Waals surface area contributed by atoms with Gasteiger partial charge in [0.05, 0.1) is 15.5 Å². The first-order valence-corrected chi connectivity index (χ1v) is 10.9. The Labute approximate surface area is 160 Å². The van der Waals surface area contributed by atoms with Crippen LogP contribution in [0.15, 0.2) is 23.1 Å². The van der Waals surface area contributed by atoms with Gasteiger partial charge in [-0.15, -0.1) is 0 Å². The van der Waals surface area contributed by atoms with E-state index in [1.165, 1.54) is 45.1 Å². The van der Waals surface area contributed by atoms with Crippen molar-refractivity contribution >= 4 is 27.5 Å². The Balaban J connectivity index is 1.74. The molecule has 0 N–H and O–H groups in total. The molecule has 0 aliphatic carbocycles. The van der Waals surface area contributed by atoms with Crippen molar-refractivity contribution in [2.45, 2.75) is 36.6 Å². The smallest absolute Gasteiger partial charge is 0.255 e. The average Bonchev–Trinajstić information content (AvgIpc) is 3.16. The van der Waals surface area contributed by atoms with Crippen LogP contribution >= 0.6 is 11.6 Å². The summed E-state index contributed by atoms with van der Waals surface area (Å²) in [4.78, 5) is 17.3. The van der Waals surface area contributed by atoms with Crippen molar-refractivity contribution in [2.75, 3.05) is 40.3 Å². The lowest BCUT2D eigenvalue weighted by molar-refractivity contribution is 0.0644. The summed E-state index contributed by atoms with van der Waals surface area (Å²) >= 11 is 6.21. The predicted octanol–water partition coefficient (Wildman–Crippen LogP) is 2.29. The van der Waals surface area contributed by atoms with E-state index in [2.05, 4.69) is 4.90 Å². The number of carbonyl (C=O) groups excluding carboxylic acids is 1. The lowest BCUT2D eigenvalue weighted by Crippen LogP contribution is -2.46. The number of sulfonamides is 1. The van der Waals surface area contributed by atoms with Gasteiger partial charge in [-0.05, 0) is 57.0 Å². The molecular weight excluding hydrogens is 374 g/mol. The number of hydrogen-bond donors (Lipinski definition) is 0. The first-order valence-electron chi connectivity index (χ1n) is 9.06. The lowest BCUT2D eigenvalue weighted by atomic mass is 10.0. The molecule has 2 saturated heterocycles. The molecule has 3 rings (SSSR count). The summed E-state index contributed by atoms with van der Waals surface area (Å²) in [5.74, 6) is -0.189. The molecule has 0 saturated carbocycles. The van der Waals surface area contributed by atoms with Crippen LogP contribution in [0.3, 0.4) is 0 Å². The molecule has 0 bridgehead atoms. The van der Waals surface area contributed by atoms with Crippen LogP contribution in [0.25, 0.3) is 0 Å². The van der Waals surface area contributed by atoms with Crippen LogP contribution in [-0.4, -0.2) is 74.7 Å². The van der Waals surface area contributed by atoms with Gasteiger partial charge in [0, 0.05) is 33.2 Å². The van der Waals surface area contributed by atoms with Gasteiger partial charge in [0.15, 0.2) is 0 Å². The van der Waals surface area contributed by atoms with Crippen molar-refractivity contribution in [3.8, 4) is 0 Å². The quantitative estimate of drug-likeness (QED) is 0.779. The molecule has 0 aromatic heterocycles. The molecule has 2 heterocycles. The fraction of sp³-hybridized carbons (Fsp3) is 0.611. The molecule has 144 valence electrons. The normalized spacial score (nSPS) is 20.1. The molecule has 1 aromatic carbocycles. The lowest BCUT2D eigenvalue weighted by Gasteiger charge is -2.36. The summed E-state index contributed by atoms with van der Waals surface area (Å²) in [6.45, 7) is 3.69. The predicted molar refractivity (Wildman–Crippen MR) is 102 cm³/mol. The van der Waals surface area contributed by atoms with Gasteiger partial charge in [0.2, 0.25) is 10.0 Å². The molecular formula is C18H26ClN3O3S. The molecule has 0 spiro atoms. The topological polar surface area (TPSA) is 60.9 Å². The van der Waals surface area contributed by atoms with Crippen molar-refractivity contribution in [1.29, 1.82) is 0 Å². The van der Waals surface area contributed by atoms with Crippen LogP contribution in [0.5, 0.6) is 0 Å². The zero-order valence-electron chi connectivity index (χ0n) is 15.3. The van der Waals surface area contributed by atoms with Crippen LogP contribution in [0.4, 0.5) is 0 Å². The second-order valence-electron chi connectivity index (χ2n) is 7.20. The number of nitrogens with zero attached hydrogens (tertiary/aromatic N) is 3. The minimum Gasteiger partial charge on any atom is -0.338 e. The Morgan fingerprint density at radius 3 is 2.31 bits per heavy atom. The third-order valence-corrected chi connectivity index (χ3v) is 7.50. The van der Waals surface area contributed by atoms with Crippen LogP contribution in [0.1, 0.15) is 36.0 Å². The van der Waals surface area contributed by atoms with Crippen LogP contribution in [-0.2, 0) is 10.0 Å². The number of benzene rings is 1. The van der Waals surface area contributed by atoms with Gasteiger partial charge < -0.3 is 9.80 Å². The number of carbonyl (C=O) groups is 1. The summed E-state index contributed by atoms with van der Waals surface area (Å²) in [5, 5.41) is 0.286. The van der Waals surface area contributed by atoms with Crippen molar-refractivity contribution in [2.24, 2.45) is 0 Å². The maximum absolute atomic E-state index is 12.9. The van der Waals surface area contributed by atoms with Crippen molar-refractivity contribution in [1.82, 2.24) is 14.1 Å². The molecule has 2 aliphatic rings. The fourth-order valence-corrected chi connectivity index (χ4v) is 4.88. The van der Waals surface area contributed by atoms with Crippen molar-refractivity contribution < 1.29 is 13.2 Å². The molecule has 1 amide bonds. The van der Waals surface area contributed by atoms with E-state index in [9.17, 15) is 13.2 Å². The Kier molecular flexibility index (Phi) is 5.91. The third-order valence-electron chi connectivity index (χ3n) is 5.36. The van der Waals surface area contributed by atoms with E-state index < -0.39 is 10.0 Å². The first kappa shape index (κ1) is 19.6. The molecule has 0 atom stereocenters. The van der Waals surface area contributed by atoms with Gasteiger partial charge in [-0.3, -0.25) is 4.79 Å². The zero-order chi connectivity index (χ0) is 18.9. The third kappa shape index (κ3) is 3.91. The molecule has 2 aliphatic heterocycles. The SMILES string of the molecule is CN(C)S(=O)(=O)c1ccc(Cl)c(C(=O)N2CCC(N3CCCC3)CC2)c1. The van der Waals surface area contributed by atoms with Gasteiger partial charge in [-0.2, -0.15) is 0 Å². The zero-order valence-corrected chi connectivity index (χ0v) is 16.9. The van der Waals surface area contributed by atoms with E-state index in [-0.39, 0.29) is 21.4 Å². The Bertz CT molecular complexity index is 768. The number of hydrogen-bond acceptors (Lipinski definition) is 4. The summed E-state index contributed by atoms with van der Waals surface area (Å²) < 4.78 is 25.8. The maximum Gasteiger partial charge on any atom is 0.255 e. The van der Waals surface area contributed by atoms with Crippen LogP contribution < -0.4 is 0 Å². The summed E-state index contributed by atoms with van der Waals surface area (Å²) in [5.41, 5.74) is 0.259. The van der Waals surface area contributed by atoms with Crippen LogP contribution in [0.2, 0.25) is 5.02 Å². The largest absolute Gasteiger partial charge is 0.338 e.